The minimum absolute atomic E-state index is 0.1000. The Kier molecular flexibility index (Phi) is 5.18. The lowest BCUT2D eigenvalue weighted by molar-refractivity contribution is -0.125. The summed E-state index contributed by atoms with van der Waals surface area (Å²) in [5, 5.41) is 14.6. The summed E-state index contributed by atoms with van der Waals surface area (Å²) in [6, 6.07) is 7.03. The van der Waals surface area contributed by atoms with Gasteiger partial charge in [-0.3, -0.25) is 9.59 Å². The highest BCUT2D eigenvalue weighted by molar-refractivity contribution is 7.99. The van der Waals surface area contributed by atoms with Crippen LogP contribution in [0.15, 0.2) is 23.1 Å². The third-order valence-electron chi connectivity index (χ3n) is 4.44. The monoisotopic (exact) mass is 373 g/mol. The van der Waals surface area contributed by atoms with Crippen LogP contribution in [0.25, 0.3) is 0 Å². The van der Waals surface area contributed by atoms with E-state index in [9.17, 15) is 19.6 Å². The number of carbonyl (C=O) groups excluding carboxylic acids is 3. The molecule has 0 aromatic heterocycles. The Bertz CT molecular complexity index is 800. The van der Waals surface area contributed by atoms with Crippen LogP contribution in [0.5, 0.6) is 0 Å². The number of nitrogens with zero attached hydrogens (tertiary/aromatic N) is 1. The van der Waals surface area contributed by atoms with Crippen LogP contribution in [-0.2, 0) is 14.3 Å². The SMILES string of the molecule is C[C@@](C#N)(NC(=O)COC(=O)c1ccc2c(c1)NC(=O)CCS2)C1CC1. The fourth-order valence-corrected chi connectivity index (χ4v) is 3.71. The highest BCUT2D eigenvalue weighted by atomic mass is 32.2. The van der Waals surface area contributed by atoms with E-state index in [1.165, 1.54) is 11.8 Å². The molecule has 2 amide bonds. The molecule has 3 rings (SSSR count). The van der Waals surface area contributed by atoms with Gasteiger partial charge in [-0.2, -0.15) is 5.26 Å². The maximum Gasteiger partial charge on any atom is 0.338 e. The molecule has 1 saturated carbocycles. The zero-order valence-corrected chi connectivity index (χ0v) is 15.1. The molecular weight excluding hydrogens is 354 g/mol. The van der Waals surface area contributed by atoms with Crippen molar-refractivity contribution in [1.82, 2.24) is 5.32 Å². The van der Waals surface area contributed by atoms with Crippen molar-refractivity contribution >= 4 is 35.2 Å². The highest BCUT2D eigenvalue weighted by Crippen LogP contribution is 2.39. The number of thioether (sulfide) groups is 1. The predicted octanol–water partition coefficient (Wildman–Crippen LogP) is 2.09. The van der Waals surface area contributed by atoms with Gasteiger partial charge in [-0.1, -0.05) is 0 Å². The van der Waals surface area contributed by atoms with Crippen LogP contribution in [0.1, 0.15) is 36.5 Å². The van der Waals surface area contributed by atoms with Gasteiger partial charge in [0.05, 0.1) is 17.3 Å². The second-order valence-corrected chi connectivity index (χ2v) is 7.71. The Balaban J connectivity index is 1.59. The van der Waals surface area contributed by atoms with E-state index in [1.54, 1.807) is 25.1 Å². The van der Waals surface area contributed by atoms with Crippen LogP contribution < -0.4 is 10.6 Å². The number of hydrogen-bond acceptors (Lipinski definition) is 6. The first-order valence-corrected chi connectivity index (χ1v) is 9.36. The molecule has 26 heavy (non-hydrogen) atoms. The number of nitriles is 1. The summed E-state index contributed by atoms with van der Waals surface area (Å²) in [7, 11) is 0. The standard InChI is InChI=1S/C18H19N3O4S/c1-18(10-19,12-3-4-12)21-16(23)9-25-17(24)11-2-5-14-13(8-11)20-15(22)6-7-26-14/h2,5,8,12H,3-4,6-7,9H2,1H3,(H,20,22)(H,21,23)/t18-/m0/s1. The lowest BCUT2D eigenvalue weighted by Crippen LogP contribution is -2.48. The molecule has 0 spiro atoms. The third-order valence-corrected chi connectivity index (χ3v) is 5.51. The van der Waals surface area contributed by atoms with Gasteiger partial charge in [0.2, 0.25) is 5.91 Å². The van der Waals surface area contributed by atoms with E-state index in [0.29, 0.717) is 17.9 Å². The summed E-state index contributed by atoms with van der Waals surface area (Å²) in [4.78, 5) is 36.7. The van der Waals surface area contributed by atoms with E-state index in [4.69, 9.17) is 4.74 Å². The number of amides is 2. The fourth-order valence-electron chi connectivity index (χ4n) is 2.77. The molecule has 1 fully saturated rings. The smallest absolute Gasteiger partial charge is 0.338 e. The molecular formula is C18H19N3O4S. The Hall–Kier alpha value is -2.53. The van der Waals surface area contributed by atoms with Gasteiger partial charge in [-0.15, -0.1) is 11.8 Å². The molecule has 0 unspecified atom stereocenters. The van der Waals surface area contributed by atoms with Crippen molar-refractivity contribution in [2.45, 2.75) is 36.6 Å². The number of hydrogen-bond donors (Lipinski definition) is 2. The average Bonchev–Trinajstić information content (AvgIpc) is 3.46. The quantitative estimate of drug-likeness (QED) is 0.765. The minimum atomic E-state index is -0.922. The first kappa shape index (κ1) is 18.3. The molecule has 1 atom stereocenters. The number of benzene rings is 1. The molecule has 1 aromatic carbocycles. The number of carbonyl (C=O) groups is 3. The molecule has 1 aliphatic carbocycles. The van der Waals surface area contributed by atoms with E-state index in [-0.39, 0.29) is 17.4 Å². The summed E-state index contributed by atoms with van der Waals surface area (Å²) in [5.74, 6) is -0.430. The van der Waals surface area contributed by atoms with E-state index in [0.717, 1.165) is 17.7 Å². The topological polar surface area (TPSA) is 108 Å². The van der Waals surface area contributed by atoms with Crippen LogP contribution in [-0.4, -0.2) is 35.7 Å². The molecule has 0 bridgehead atoms. The molecule has 7 nitrogen and oxygen atoms in total. The summed E-state index contributed by atoms with van der Waals surface area (Å²) in [5.41, 5.74) is -0.0958. The number of esters is 1. The maximum atomic E-state index is 12.2. The number of fused-ring (bicyclic) bond motifs is 1. The van der Waals surface area contributed by atoms with Crippen molar-refractivity contribution in [1.29, 1.82) is 5.26 Å². The van der Waals surface area contributed by atoms with Crippen molar-refractivity contribution in [3.8, 4) is 6.07 Å². The Labute approximate surface area is 155 Å². The predicted molar refractivity (Wildman–Crippen MR) is 95.6 cm³/mol. The van der Waals surface area contributed by atoms with E-state index < -0.39 is 24.0 Å². The van der Waals surface area contributed by atoms with Crippen molar-refractivity contribution in [2.75, 3.05) is 17.7 Å². The average molecular weight is 373 g/mol. The Morgan fingerprint density at radius 2 is 2.23 bits per heavy atom. The molecule has 2 N–H and O–H groups in total. The van der Waals surface area contributed by atoms with Crippen molar-refractivity contribution in [2.24, 2.45) is 5.92 Å². The van der Waals surface area contributed by atoms with Crippen LogP contribution in [0, 0.1) is 17.2 Å². The zero-order valence-electron chi connectivity index (χ0n) is 14.3. The summed E-state index contributed by atoms with van der Waals surface area (Å²) in [6.07, 6.45) is 2.23. The Morgan fingerprint density at radius 3 is 2.92 bits per heavy atom. The second-order valence-electron chi connectivity index (χ2n) is 6.57. The van der Waals surface area contributed by atoms with Crippen molar-refractivity contribution in [3.05, 3.63) is 23.8 Å². The highest BCUT2D eigenvalue weighted by Gasteiger charge is 2.43. The van der Waals surface area contributed by atoms with Crippen LogP contribution in [0.2, 0.25) is 0 Å². The van der Waals surface area contributed by atoms with Gasteiger partial charge in [0, 0.05) is 17.1 Å². The first-order chi connectivity index (χ1) is 12.4. The van der Waals surface area contributed by atoms with Crippen molar-refractivity contribution in [3.63, 3.8) is 0 Å². The molecule has 8 heteroatoms. The number of ether oxygens (including phenoxy) is 1. The van der Waals surface area contributed by atoms with E-state index in [1.807, 2.05) is 0 Å². The summed E-state index contributed by atoms with van der Waals surface area (Å²) >= 11 is 1.54. The molecule has 0 saturated heterocycles. The summed E-state index contributed by atoms with van der Waals surface area (Å²) < 4.78 is 5.05. The molecule has 0 radical (unpaired) electrons. The number of nitrogens with one attached hydrogen (secondary N) is 2. The normalized spacial score (nSPS) is 18.4. The molecule has 136 valence electrons. The van der Waals surface area contributed by atoms with Gasteiger partial charge in [-0.05, 0) is 43.9 Å². The second kappa shape index (κ2) is 7.38. The number of rotatable bonds is 5. The van der Waals surface area contributed by atoms with Gasteiger partial charge in [-0.25, -0.2) is 4.79 Å². The molecule has 1 aliphatic heterocycles. The van der Waals surface area contributed by atoms with Gasteiger partial charge >= 0.3 is 5.97 Å². The van der Waals surface area contributed by atoms with Gasteiger partial charge < -0.3 is 15.4 Å². The first-order valence-electron chi connectivity index (χ1n) is 8.37. The molecule has 1 aromatic rings. The van der Waals surface area contributed by atoms with Crippen LogP contribution in [0.4, 0.5) is 5.69 Å². The van der Waals surface area contributed by atoms with E-state index >= 15 is 0 Å². The van der Waals surface area contributed by atoms with Gasteiger partial charge in [0.1, 0.15) is 5.54 Å². The van der Waals surface area contributed by atoms with E-state index in [2.05, 4.69) is 16.7 Å². The molecule has 2 aliphatic rings. The van der Waals surface area contributed by atoms with Gasteiger partial charge in [0.25, 0.3) is 5.91 Å². The third kappa shape index (κ3) is 4.17. The minimum Gasteiger partial charge on any atom is -0.452 e. The van der Waals surface area contributed by atoms with Gasteiger partial charge in [0.15, 0.2) is 6.61 Å². The lowest BCUT2D eigenvalue weighted by Gasteiger charge is -2.22. The van der Waals surface area contributed by atoms with Crippen molar-refractivity contribution < 1.29 is 19.1 Å². The maximum absolute atomic E-state index is 12.2. The largest absolute Gasteiger partial charge is 0.452 e. The Morgan fingerprint density at radius 1 is 1.46 bits per heavy atom. The van der Waals surface area contributed by atoms with Crippen LogP contribution in [0.3, 0.4) is 0 Å². The lowest BCUT2D eigenvalue weighted by atomic mass is 9.98. The number of anilines is 1. The fraction of sp³-hybridized carbons (Fsp3) is 0.444. The zero-order chi connectivity index (χ0) is 18.7. The summed E-state index contributed by atoms with van der Waals surface area (Å²) in [6.45, 7) is 1.22. The molecule has 1 heterocycles. The van der Waals surface area contributed by atoms with Crippen LogP contribution >= 0.6 is 11.8 Å².